The molecule has 0 aliphatic heterocycles. The molecule has 0 atom stereocenters. The fourth-order valence-corrected chi connectivity index (χ4v) is 2.86. The molecule has 0 saturated carbocycles. The number of hydrogen-bond donors (Lipinski definition) is 2. The van der Waals surface area contributed by atoms with E-state index in [0.29, 0.717) is 24.5 Å². The molecule has 6 nitrogen and oxygen atoms in total. The smallest absolute Gasteiger partial charge is 0.224 e. The third-order valence-corrected chi connectivity index (χ3v) is 4.26. The standard InChI is InChI=1S/C20H22N2O4/c1-24-15-5-6-17-16(10-15)14(12-21-17)9-20(23)22-11-13-4-7-18(25-2)19(8-13)26-3/h4-8,10,12,21H,9,11H2,1-3H3,(H,22,23). The molecule has 1 heterocycles. The average Bonchev–Trinajstić information content (AvgIpc) is 3.07. The number of ether oxygens (including phenoxy) is 3. The van der Waals surface area contributed by atoms with Gasteiger partial charge in [0.05, 0.1) is 27.8 Å². The summed E-state index contributed by atoms with van der Waals surface area (Å²) >= 11 is 0. The van der Waals surface area contributed by atoms with Gasteiger partial charge in [0.2, 0.25) is 5.91 Å². The molecule has 0 aliphatic rings. The Bertz CT molecular complexity index is 917. The summed E-state index contributed by atoms with van der Waals surface area (Å²) in [7, 11) is 4.81. The molecule has 0 fully saturated rings. The van der Waals surface area contributed by atoms with E-state index in [1.165, 1.54) is 0 Å². The average molecular weight is 354 g/mol. The quantitative estimate of drug-likeness (QED) is 0.684. The summed E-state index contributed by atoms with van der Waals surface area (Å²) in [5, 5.41) is 3.93. The normalized spacial score (nSPS) is 10.6. The van der Waals surface area contributed by atoms with Crippen LogP contribution in [-0.4, -0.2) is 32.2 Å². The maximum atomic E-state index is 12.3. The second-order valence-corrected chi connectivity index (χ2v) is 5.87. The maximum Gasteiger partial charge on any atom is 0.224 e. The van der Waals surface area contributed by atoms with Crippen LogP contribution < -0.4 is 19.5 Å². The number of nitrogens with one attached hydrogen (secondary N) is 2. The largest absolute Gasteiger partial charge is 0.497 e. The molecular formula is C20H22N2O4. The summed E-state index contributed by atoms with van der Waals surface area (Å²) in [4.78, 5) is 15.5. The molecule has 26 heavy (non-hydrogen) atoms. The van der Waals surface area contributed by atoms with Crippen LogP contribution in [0, 0.1) is 0 Å². The number of H-pyrrole nitrogens is 1. The number of carbonyl (C=O) groups excluding carboxylic acids is 1. The van der Waals surface area contributed by atoms with Crippen LogP contribution in [0.15, 0.2) is 42.6 Å². The van der Waals surface area contributed by atoms with Gasteiger partial charge in [-0.1, -0.05) is 6.07 Å². The number of methoxy groups -OCH3 is 3. The van der Waals surface area contributed by atoms with E-state index in [1.807, 2.05) is 42.6 Å². The van der Waals surface area contributed by atoms with Crippen molar-refractivity contribution in [1.29, 1.82) is 0 Å². The Labute approximate surface area is 152 Å². The second-order valence-electron chi connectivity index (χ2n) is 5.87. The molecule has 6 heteroatoms. The third-order valence-electron chi connectivity index (χ3n) is 4.26. The van der Waals surface area contributed by atoms with E-state index in [0.717, 1.165) is 27.8 Å². The van der Waals surface area contributed by atoms with Gasteiger partial charge in [0.25, 0.3) is 0 Å². The fourth-order valence-electron chi connectivity index (χ4n) is 2.86. The van der Waals surface area contributed by atoms with Gasteiger partial charge in [-0.05, 0) is 41.5 Å². The van der Waals surface area contributed by atoms with Crippen molar-refractivity contribution in [3.05, 3.63) is 53.7 Å². The molecule has 3 aromatic rings. The van der Waals surface area contributed by atoms with Gasteiger partial charge >= 0.3 is 0 Å². The number of aromatic amines is 1. The van der Waals surface area contributed by atoms with E-state index in [9.17, 15) is 4.79 Å². The van der Waals surface area contributed by atoms with Crippen molar-refractivity contribution in [3.63, 3.8) is 0 Å². The number of amides is 1. The number of carbonyl (C=O) groups is 1. The first-order valence-corrected chi connectivity index (χ1v) is 8.26. The zero-order chi connectivity index (χ0) is 18.5. The molecule has 0 radical (unpaired) electrons. The van der Waals surface area contributed by atoms with Crippen LogP contribution >= 0.6 is 0 Å². The molecule has 0 aliphatic carbocycles. The van der Waals surface area contributed by atoms with Crippen LogP contribution in [0.4, 0.5) is 0 Å². The van der Waals surface area contributed by atoms with Gasteiger partial charge in [-0.2, -0.15) is 0 Å². The van der Waals surface area contributed by atoms with Gasteiger partial charge < -0.3 is 24.5 Å². The molecular weight excluding hydrogens is 332 g/mol. The Balaban J connectivity index is 1.66. The first-order valence-electron chi connectivity index (χ1n) is 8.26. The van der Waals surface area contributed by atoms with Crippen molar-refractivity contribution in [1.82, 2.24) is 10.3 Å². The predicted octanol–water partition coefficient (Wildman–Crippen LogP) is 3.05. The lowest BCUT2D eigenvalue weighted by molar-refractivity contribution is -0.120. The van der Waals surface area contributed by atoms with E-state index in [2.05, 4.69) is 10.3 Å². The minimum atomic E-state index is -0.0523. The highest BCUT2D eigenvalue weighted by Gasteiger charge is 2.10. The van der Waals surface area contributed by atoms with E-state index < -0.39 is 0 Å². The third kappa shape index (κ3) is 3.74. The molecule has 0 spiro atoms. The zero-order valence-corrected chi connectivity index (χ0v) is 15.1. The Morgan fingerprint density at radius 3 is 2.54 bits per heavy atom. The number of rotatable bonds is 7. The molecule has 0 unspecified atom stereocenters. The SMILES string of the molecule is COc1ccc2[nH]cc(CC(=O)NCc3ccc(OC)c(OC)c3)c2c1. The van der Waals surface area contributed by atoms with Crippen LogP contribution in [0.1, 0.15) is 11.1 Å². The highest BCUT2D eigenvalue weighted by Crippen LogP contribution is 2.27. The highest BCUT2D eigenvalue weighted by atomic mass is 16.5. The first kappa shape index (κ1) is 17.7. The minimum absolute atomic E-state index is 0.0523. The van der Waals surface area contributed by atoms with Crippen molar-refractivity contribution >= 4 is 16.8 Å². The Morgan fingerprint density at radius 1 is 1.00 bits per heavy atom. The lowest BCUT2D eigenvalue weighted by Crippen LogP contribution is -2.24. The number of hydrogen-bond acceptors (Lipinski definition) is 4. The molecule has 0 saturated heterocycles. The van der Waals surface area contributed by atoms with Gasteiger partial charge in [0.15, 0.2) is 11.5 Å². The number of benzene rings is 2. The molecule has 1 aromatic heterocycles. The summed E-state index contributed by atoms with van der Waals surface area (Å²) in [6.45, 7) is 0.421. The maximum absolute atomic E-state index is 12.3. The van der Waals surface area contributed by atoms with Crippen LogP contribution in [0.2, 0.25) is 0 Å². The lowest BCUT2D eigenvalue weighted by Gasteiger charge is -2.10. The van der Waals surface area contributed by atoms with E-state index in [-0.39, 0.29) is 5.91 Å². The van der Waals surface area contributed by atoms with Crippen molar-refractivity contribution in [2.45, 2.75) is 13.0 Å². The van der Waals surface area contributed by atoms with Gasteiger partial charge in [-0.3, -0.25) is 4.79 Å². The van der Waals surface area contributed by atoms with Crippen molar-refractivity contribution in [2.75, 3.05) is 21.3 Å². The highest BCUT2D eigenvalue weighted by molar-refractivity contribution is 5.89. The van der Waals surface area contributed by atoms with Gasteiger partial charge in [0.1, 0.15) is 5.75 Å². The molecule has 3 rings (SSSR count). The monoisotopic (exact) mass is 354 g/mol. The molecule has 2 N–H and O–H groups in total. The zero-order valence-electron chi connectivity index (χ0n) is 15.1. The van der Waals surface area contributed by atoms with Crippen LogP contribution in [-0.2, 0) is 17.8 Å². The summed E-state index contributed by atoms with van der Waals surface area (Å²) in [6, 6.07) is 11.3. The molecule has 1 amide bonds. The topological polar surface area (TPSA) is 72.6 Å². The lowest BCUT2D eigenvalue weighted by atomic mass is 10.1. The first-order chi connectivity index (χ1) is 12.6. The second kappa shape index (κ2) is 7.82. The van der Waals surface area contributed by atoms with Gasteiger partial charge in [0, 0.05) is 23.6 Å². The fraction of sp³-hybridized carbons (Fsp3) is 0.250. The van der Waals surface area contributed by atoms with Gasteiger partial charge in [-0.15, -0.1) is 0 Å². The van der Waals surface area contributed by atoms with Crippen LogP contribution in [0.3, 0.4) is 0 Å². The van der Waals surface area contributed by atoms with Crippen molar-refractivity contribution < 1.29 is 19.0 Å². The molecule has 0 bridgehead atoms. The van der Waals surface area contributed by atoms with Crippen molar-refractivity contribution in [2.24, 2.45) is 0 Å². The van der Waals surface area contributed by atoms with Crippen LogP contribution in [0.5, 0.6) is 17.2 Å². The summed E-state index contributed by atoms with van der Waals surface area (Å²) in [5.41, 5.74) is 2.86. The minimum Gasteiger partial charge on any atom is -0.497 e. The number of fused-ring (bicyclic) bond motifs is 1. The number of aromatic nitrogens is 1. The summed E-state index contributed by atoms with van der Waals surface area (Å²) in [5.74, 6) is 2.02. The van der Waals surface area contributed by atoms with E-state index in [4.69, 9.17) is 14.2 Å². The molecule has 2 aromatic carbocycles. The predicted molar refractivity (Wildman–Crippen MR) is 99.9 cm³/mol. The Hall–Kier alpha value is -3.15. The van der Waals surface area contributed by atoms with Gasteiger partial charge in [-0.25, -0.2) is 0 Å². The summed E-state index contributed by atoms with van der Waals surface area (Å²) < 4.78 is 15.8. The van der Waals surface area contributed by atoms with E-state index in [1.54, 1.807) is 21.3 Å². The summed E-state index contributed by atoms with van der Waals surface area (Å²) in [6.07, 6.45) is 2.15. The van der Waals surface area contributed by atoms with Crippen molar-refractivity contribution in [3.8, 4) is 17.2 Å². The van der Waals surface area contributed by atoms with E-state index >= 15 is 0 Å². The van der Waals surface area contributed by atoms with Crippen LogP contribution in [0.25, 0.3) is 10.9 Å². The Morgan fingerprint density at radius 2 is 1.81 bits per heavy atom. The Kier molecular flexibility index (Phi) is 5.31. The molecule has 136 valence electrons.